The Morgan fingerprint density at radius 3 is 2.25 bits per heavy atom. The summed E-state index contributed by atoms with van der Waals surface area (Å²) >= 11 is 0. The Bertz CT molecular complexity index is 2020. The molecule has 0 spiro atoms. The van der Waals surface area contributed by atoms with Crippen molar-refractivity contribution in [2.45, 2.75) is 71.6 Å². The molecule has 0 saturated carbocycles. The lowest BCUT2D eigenvalue weighted by Crippen LogP contribution is -2.49. The number of benzene rings is 3. The van der Waals surface area contributed by atoms with E-state index in [-0.39, 0.29) is 63.3 Å². The van der Waals surface area contributed by atoms with Crippen LogP contribution in [0.1, 0.15) is 76.2 Å². The minimum Gasteiger partial charge on any atom is -0.463 e. The standard InChI is InChI=1S/C39H43N5O11/c1-6-51-37(47)33-23(2)42(38(48)40-34(33)25-10-13-27(14-11-25)44(49)50)17-7-8-32(45)43(20-24-9-15-28-30(18-24)54-21-52-28)35(36(46)41-39(3,4)5)26-12-16-29-31(19-26)55-22-53-29/h9-16,18-19,34-35H,6-8,17,20-22H2,1-5H3,(H,40,48)(H,41,46). The molecular weight excluding hydrogens is 714 g/mol. The number of carbonyl (C=O) groups is 4. The van der Waals surface area contributed by atoms with Crippen molar-refractivity contribution in [1.29, 1.82) is 0 Å². The normalized spacial score (nSPS) is 16.3. The maximum Gasteiger partial charge on any atom is 0.338 e. The van der Waals surface area contributed by atoms with E-state index in [1.54, 1.807) is 50.2 Å². The number of urea groups is 1. The lowest BCUT2D eigenvalue weighted by Gasteiger charge is -2.36. The molecule has 0 aliphatic carbocycles. The van der Waals surface area contributed by atoms with Crippen LogP contribution >= 0.6 is 0 Å². The molecule has 6 rings (SSSR count). The molecule has 3 aliphatic heterocycles. The lowest BCUT2D eigenvalue weighted by molar-refractivity contribution is -0.384. The van der Waals surface area contributed by atoms with E-state index in [4.69, 9.17) is 23.7 Å². The summed E-state index contributed by atoms with van der Waals surface area (Å²) in [4.78, 5) is 69.0. The predicted octanol–water partition coefficient (Wildman–Crippen LogP) is 5.42. The molecule has 0 radical (unpaired) electrons. The number of nitro groups is 1. The number of nitro benzene ring substituents is 1. The SMILES string of the molecule is CCOC(=O)C1=C(C)N(CCCC(=O)N(Cc2ccc3c(c2)OCO3)C(C(=O)NC(C)(C)C)c2ccc3c(c2)OCO3)C(=O)NC1c1ccc([N+](=O)[O-])cc1. The zero-order valence-electron chi connectivity index (χ0n) is 31.2. The van der Waals surface area contributed by atoms with Gasteiger partial charge in [0.1, 0.15) is 6.04 Å². The Kier molecular flexibility index (Phi) is 11.1. The molecule has 0 bridgehead atoms. The van der Waals surface area contributed by atoms with Crippen molar-refractivity contribution in [2.75, 3.05) is 26.7 Å². The molecule has 0 aromatic heterocycles. The topological polar surface area (TPSA) is 188 Å². The average Bonchev–Trinajstić information content (AvgIpc) is 3.81. The van der Waals surface area contributed by atoms with Gasteiger partial charge in [0, 0.05) is 42.9 Å². The van der Waals surface area contributed by atoms with Gasteiger partial charge in [-0.1, -0.05) is 12.1 Å². The van der Waals surface area contributed by atoms with Crippen LogP contribution < -0.4 is 29.6 Å². The summed E-state index contributed by atoms with van der Waals surface area (Å²) in [6, 6.07) is 13.4. The van der Waals surface area contributed by atoms with Gasteiger partial charge in [0.25, 0.3) is 5.69 Å². The van der Waals surface area contributed by atoms with Gasteiger partial charge in [-0.2, -0.15) is 0 Å². The highest BCUT2D eigenvalue weighted by Crippen LogP contribution is 2.38. The number of rotatable bonds is 13. The number of hydrogen-bond acceptors (Lipinski definition) is 11. The van der Waals surface area contributed by atoms with E-state index >= 15 is 0 Å². The molecular formula is C39H43N5O11. The number of esters is 1. The van der Waals surface area contributed by atoms with Crippen LogP contribution in [0.4, 0.5) is 10.5 Å². The van der Waals surface area contributed by atoms with Crippen LogP contribution in [-0.2, 0) is 25.7 Å². The van der Waals surface area contributed by atoms with Gasteiger partial charge in [-0.05, 0) is 94.1 Å². The van der Waals surface area contributed by atoms with Gasteiger partial charge in [-0.25, -0.2) is 9.59 Å². The Morgan fingerprint density at radius 2 is 1.62 bits per heavy atom. The Labute approximate surface area is 317 Å². The third-order valence-corrected chi connectivity index (χ3v) is 9.18. The number of fused-ring (bicyclic) bond motifs is 2. The Morgan fingerprint density at radius 1 is 0.982 bits per heavy atom. The maximum atomic E-state index is 14.5. The van der Waals surface area contributed by atoms with Crippen molar-refractivity contribution in [2.24, 2.45) is 0 Å². The summed E-state index contributed by atoms with van der Waals surface area (Å²) in [5.74, 6) is 0.615. The van der Waals surface area contributed by atoms with Crippen LogP contribution in [0.25, 0.3) is 0 Å². The van der Waals surface area contributed by atoms with Gasteiger partial charge in [-0.15, -0.1) is 0 Å². The molecule has 4 amide bonds. The molecule has 16 heteroatoms. The summed E-state index contributed by atoms with van der Waals surface area (Å²) in [5, 5.41) is 17.1. The number of hydrogen-bond donors (Lipinski definition) is 2. The molecule has 55 heavy (non-hydrogen) atoms. The Balaban J connectivity index is 1.29. The van der Waals surface area contributed by atoms with Crippen molar-refractivity contribution in [3.8, 4) is 23.0 Å². The van der Waals surface area contributed by atoms with Crippen LogP contribution in [0.2, 0.25) is 0 Å². The van der Waals surface area contributed by atoms with Crippen molar-refractivity contribution in [3.63, 3.8) is 0 Å². The summed E-state index contributed by atoms with van der Waals surface area (Å²) in [5.41, 5.74) is 1.36. The molecule has 2 N–H and O–H groups in total. The first-order valence-electron chi connectivity index (χ1n) is 17.8. The summed E-state index contributed by atoms with van der Waals surface area (Å²) in [6.45, 7) is 9.07. The number of amides is 4. The van der Waals surface area contributed by atoms with Gasteiger partial charge in [0.2, 0.25) is 25.4 Å². The fourth-order valence-corrected chi connectivity index (χ4v) is 6.65. The minimum absolute atomic E-state index is 0.0270. The van der Waals surface area contributed by atoms with Gasteiger partial charge in [-0.3, -0.25) is 24.6 Å². The number of carbonyl (C=O) groups excluding carboxylic acids is 4. The monoisotopic (exact) mass is 757 g/mol. The smallest absolute Gasteiger partial charge is 0.338 e. The van der Waals surface area contributed by atoms with E-state index < -0.39 is 40.5 Å². The Hall–Kier alpha value is -6.32. The number of ether oxygens (including phenoxy) is 5. The molecule has 3 aromatic rings. The molecule has 3 heterocycles. The zero-order valence-corrected chi connectivity index (χ0v) is 31.2. The quantitative estimate of drug-likeness (QED) is 0.129. The van der Waals surface area contributed by atoms with Crippen LogP contribution in [0.5, 0.6) is 23.0 Å². The second-order valence-electron chi connectivity index (χ2n) is 14.2. The van der Waals surface area contributed by atoms with Crippen LogP contribution in [0, 0.1) is 10.1 Å². The first kappa shape index (κ1) is 38.4. The van der Waals surface area contributed by atoms with Crippen LogP contribution in [-0.4, -0.2) is 70.8 Å². The maximum absolute atomic E-state index is 14.5. The highest BCUT2D eigenvalue weighted by Gasteiger charge is 2.38. The summed E-state index contributed by atoms with van der Waals surface area (Å²) < 4.78 is 27.5. The molecule has 16 nitrogen and oxygen atoms in total. The number of non-ortho nitro benzene ring substituents is 1. The fourth-order valence-electron chi connectivity index (χ4n) is 6.65. The van der Waals surface area contributed by atoms with Gasteiger partial charge >= 0.3 is 12.0 Å². The largest absolute Gasteiger partial charge is 0.463 e. The van der Waals surface area contributed by atoms with Crippen molar-refractivity contribution in [3.05, 3.63) is 98.7 Å². The van der Waals surface area contributed by atoms with E-state index in [0.29, 0.717) is 45.4 Å². The van der Waals surface area contributed by atoms with Crippen LogP contribution in [0.15, 0.2) is 71.9 Å². The van der Waals surface area contributed by atoms with Crippen molar-refractivity contribution < 1.29 is 47.8 Å². The molecule has 2 atom stereocenters. The van der Waals surface area contributed by atoms with E-state index in [2.05, 4.69) is 10.6 Å². The highest BCUT2D eigenvalue weighted by molar-refractivity contribution is 5.95. The van der Waals surface area contributed by atoms with E-state index in [1.807, 2.05) is 20.8 Å². The summed E-state index contributed by atoms with van der Waals surface area (Å²) in [7, 11) is 0. The van der Waals surface area contributed by atoms with E-state index in [9.17, 15) is 29.3 Å². The molecule has 2 unspecified atom stereocenters. The first-order valence-corrected chi connectivity index (χ1v) is 17.8. The molecule has 3 aliphatic rings. The van der Waals surface area contributed by atoms with E-state index in [1.165, 1.54) is 34.1 Å². The van der Waals surface area contributed by atoms with Gasteiger partial charge in [0.15, 0.2) is 23.0 Å². The highest BCUT2D eigenvalue weighted by atomic mass is 16.7. The molecule has 3 aromatic carbocycles. The molecule has 0 saturated heterocycles. The van der Waals surface area contributed by atoms with Crippen molar-refractivity contribution >= 4 is 29.5 Å². The number of nitrogens with zero attached hydrogens (tertiary/aromatic N) is 3. The minimum atomic E-state index is -1.09. The van der Waals surface area contributed by atoms with Gasteiger partial charge < -0.3 is 39.2 Å². The van der Waals surface area contributed by atoms with Crippen LogP contribution in [0.3, 0.4) is 0 Å². The number of nitrogens with one attached hydrogen (secondary N) is 2. The van der Waals surface area contributed by atoms with Crippen molar-refractivity contribution in [1.82, 2.24) is 20.4 Å². The van der Waals surface area contributed by atoms with Gasteiger partial charge in [0.05, 0.1) is 23.1 Å². The fraction of sp³-hybridized carbons (Fsp3) is 0.385. The zero-order chi connectivity index (χ0) is 39.4. The second-order valence-corrected chi connectivity index (χ2v) is 14.2. The van der Waals surface area contributed by atoms with E-state index in [0.717, 1.165) is 0 Å². The molecule has 290 valence electrons. The first-order chi connectivity index (χ1) is 26.2. The second kappa shape index (κ2) is 16.0. The summed E-state index contributed by atoms with van der Waals surface area (Å²) in [6.07, 6.45) is 0.0836. The lowest BCUT2D eigenvalue weighted by atomic mass is 9.94. The predicted molar refractivity (Wildman–Crippen MR) is 196 cm³/mol. The molecule has 0 fully saturated rings. The average molecular weight is 758 g/mol. The third-order valence-electron chi connectivity index (χ3n) is 9.18. The third kappa shape index (κ3) is 8.58. The number of allylic oxidation sites excluding steroid dienone is 1.